The van der Waals surface area contributed by atoms with Crippen LogP contribution in [0.4, 0.5) is 0 Å². The second-order valence-corrected chi connectivity index (χ2v) is 5.82. The minimum absolute atomic E-state index is 0.341. The Balaban J connectivity index is 1.89. The summed E-state index contributed by atoms with van der Waals surface area (Å²) < 4.78 is 0. The van der Waals surface area contributed by atoms with E-state index in [-0.39, 0.29) is 0 Å². The average molecular weight is 282 g/mol. The molecule has 0 spiro atoms. The lowest BCUT2D eigenvalue weighted by Crippen LogP contribution is -2.37. The van der Waals surface area contributed by atoms with E-state index in [2.05, 4.69) is 67.8 Å². The Morgan fingerprint density at radius 1 is 0.952 bits per heavy atom. The van der Waals surface area contributed by atoms with Crippen LogP contribution in [0.3, 0.4) is 0 Å². The summed E-state index contributed by atoms with van der Waals surface area (Å²) in [6.45, 7) is 4.36. The summed E-state index contributed by atoms with van der Waals surface area (Å²) in [5.74, 6) is 5.75. The molecule has 2 heteroatoms. The summed E-state index contributed by atoms with van der Waals surface area (Å²) in [4.78, 5) is 0. The van der Waals surface area contributed by atoms with Crippen molar-refractivity contribution in [2.45, 2.75) is 45.6 Å². The van der Waals surface area contributed by atoms with Gasteiger partial charge in [-0.25, -0.2) is 0 Å². The molecule has 1 unspecified atom stereocenters. The van der Waals surface area contributed by atoms with Gasteiger partial charge in [0.25, 0.3) is 0 Å². The van der Waals surface area contributed by atoms with Gasteiger partial charge in [-0.1, -0.05) is 48.5 Å². The number of hydrogen-bond acceptors (Lipinski definition) is 2. The summed E-state index contributed by atoms with van der Waals surface area (Å²) in [7, 11) is 0. The molecule has 1 atom stereocenters. The molecule has 0 amide bonds. The van der Waals surface area contributed by atoms with Crippen LogP contribution < -0.4 is 11.3 Å². The first-order valence-corrected chi connectivity index (χ1v) is 7.76. The summed E-state index contributed by atoms with van der Waals surface area (Å²) >= 11 is 0. The zero-order valence-corrected chi connectivity index (χ0v) is 13.1. The van der Waals surface area contributed by atoms with Gasteiger partial charge in [0.05, 0.1) is 0 Å². The number of nitrogens with two attached hydrogens (primary N) is 1. The number of rotatable bonds is 7. The Bertz CT molecular complexity index is 528. The number of hydrogen-bond donors (Lipinski definition) is 2. The molecule has 0 saturated carbocycles. The molecule has 21 heavy (non-hydrogen) atoms. The number of nitrogens with one attached hydrogen (secondary N) is 1. The fourth-order valence-corrected chi connectivity index (χ4v) is 2.86. The van der Waals surface area contributed by atoms with Crippen molar-refractivity contribution in [2.24, 2.45) is 5.84 Å². The van der Waals surface area contributed by atoms with Crippen molar-refractivity contribution in [2.75, 3.05) is 0 Å². The molecule has 112 valence electrons. The maximum absolute atomic E-state index is 5.75. The van der Waals surface area contributed by atoms with Gasteiger partial charge in [0, 0.05) is 6.04 Å². The first kappa shape index (κ1) is 15.7. The van der Waals surface area contributed by atoms with E-state index in [0.29, 0.717) is 6.04 Å². The smallest absolute Gasteiger partial charge is 0.0251 e. The predicted octanol–water partition coefficient (Wildman–Crippen LogP) is 3.70. The van der Waals surface area contributed by atoms with Crippen LogP contribution >= 0.6 is 0 Å². The molecule has 0 aliphatic rings. The van der Waals surface area contributed by atoms with Crippen molar-refractivity contribution in [3.63, 3.8) is 0 Å². The van der Waals surface area contributed by atoms with Crippen molar-refractivity contribution >= 4 is 0 Å². The monoisotopic (exact) mass is 282 g/mol. The van der Waals surface area contributed by atoms with Gasteiger partial charge >= 0.3 is 0 Å². The quantitative estimate of drug-likeness (QED) is 0.600. The SMILES string of the molecule is Cc1cccc(C)c1CC(CCCc1ccccc1)NN. The van der Waals surface area contributed by atoms with Gasteiger partial charge in [-0.05, 0) is 61.8 Å². The number of aryl methyl sites for hydroxylation is 3. The highest BCUT2D eigenvalue weighted by Gasteiger charge is 2.11. The fourth-order valence-electron chi connectivity index (χ4n) is 2.86. The van der Waals surface area contributed by atoms with E-state index in [0.717, 1.165) is 25.7 Å². The van der Waals surface area contributed by atoms with E-state index in [1.807, 2.05) is 0 Å². The van der Waals surface area contributed by atoms with E-state index in [1.165, 1.54) is 22.3 Å². The van der Waals surface area contributed by atoms with Crippen molar-refractivity contribution in [3.8, 4) is 0 Å². The molecule has 3 N–H and O–H groups in total. The highest BCUT2D eigenvalue weighted by molar-refractivity contribution is 5.34. The Kier molecular flexibility index (Phi) is 5.97. The lowest BCUT2D eigenvalue weighted by Gasteiger charge is -2.18. The highest BCUT2D eigenvalue weighted by atomic mass is 15.2. The average Bonchev–Trinajstić information content (AvgIpc) is 2.50. The maximum Gasteiger partial charge on any atom is 0.0251 e. The molecule has 2 nitrogen and oxygen atoms in total. The van der Waals surface area contributed by atoms with Gasteiger partial charge in [-0.3, -0.25) is 11.3 Å². The third-order valence-corrected chi connectivity index (χ3v) is 4.19. The van der Waals surface area contributed by atoms with Gasteiger partial charge in [0.2, 0.25) is 0 Å². The topological polar surface area (TPSA) is 38.0 Å². The van der Waals surface area contributed by atoms with Crippen LogP contribution in [0.1, 0.15) is 35.1 Å². The molecule has 0 saturated heterocycles. The molecular weight excluding hydrogens is 256 g/mol. The van der Waals surface area contributed by atoms with Crippen LogP contribution in [0.2, 0.25) is 0 Å². The summed E-state index contributed by atoms with van der Waals surface area (Å²) in [6, 6.07) is 17.5. The number of benzene rings is 2. The van der Waals surface area contributed by atoms with Crippen LogP contribution in [-0.2, 0) is 12.8 Å². The first-order chi connectivity index (χ1) is 10.2. The third-order valence-electron chi connectivity index (χ3n) is 4.19. The fraction of sp³-hybridized carbons (Fsp3) is 0.368. The van der Waals surface area contributed by atoms with E-state index in [1.54, 1.807) is 0 Å². The van der Waals surface area contributed by atoms with Gasteiger partial charge in [-0.15, -0.1) is 0 Å². The van der Waals surface area contributed by atoms with Gasteiger partial charge in [0.15, 0.2) is 0 Å². The zero-order chi connectivity index (χ0) is 15.1. The van der Waals surface area contributed by atoms with Gasteiger partial charge in [0.1, 0.15) is 0 Å². The Labute approximate surface area is 128 Å². The largest absolute Gasteiger partial charge is 0.271 e. The molecule has 2 aromatic carbocycles. The zero-order valence-electron chi connectivity index (χ0n) is 13.1. The van der Waals surface area contributed by atoms with E-state index >= 15 is 0 Å². The standard InChI is InChI=1S/C19H26N2/c1-15-8-6-9-16(2)19(15)14-18(21-20)13-7-12-17-10-4-3-5-11-17/h3-6,8-11,18,21H,7,12-14,20H2,1-2H3. The van der Waals surface area contributed by atoms with Crippen LogP contribution in [0.25, 0.3) is 0 Å². The van der Waals surface area contributed by atoms with Gasteiger partial charge < -0.3 is 0 Å². The molecule has 0 aromatic heterocycles. The Morgan fingerprint density at radius 3 is 2.24 bits per heavy atom. The second kappa shape index (κ2) is 7.96. The molecule has 0 aliphatic carbocycles. The van der Waals surface area contributed by atoms with E-state index < -0.39 is 0 Å². The molecule has 2 rings (SSSR count). The first-order valence-electron chi connectivity index (χ1n) is 7.76. The Hall–Kier alpha value is -1.64. The second-order valence-electron chi connectivity index (χ2n) is 5.82. The summed E-state index contributed by atoms with van der Waals surface area (Å²) in [6.07, 6.45) is 4.37. The lowest BCUT2D eigenvalue weighted by atomic mass is 9.94. The van der Waals surface area contributed by atoms with Crippen LogP contribution in [0, 0.1) is 13.8 Å². The lowest BCUT2D eigenvalue weighted by molar-refractivity contribution is 0.475. The molecule has 0 aliphatic heterocycles. The van der Waals surface area contributed by atoms with Crippen LogP contribution in [0.5, 0.6) is 0 Å². The normalized spacial score (nSPS) is 12.3. The Morgan fingerprint density at radius 2 is 1.62 bits per heavy atom. The van der Waals surface area contributed by atoms with Crippen molar-refractivity contribution in [1.29, 1.82) is 0 Å². The third kappa shape index (κ3) is 4.69. The molecule has 0 bridgehead atoms. The van der Waals surface area contributed by atoms with Crippen molar-refractivity contribution in [1.82, 2.24) is 5.43 Å². The van der Waals surface area contributed by atoms with Crippen molar-refractivity contribution in [3.05, 3.63) is 70.8 Å². The molecule has 2 aromatic rings. The maximum atomic E-state index is 5.75. The van der Waals surface area contributed by atoms with Crippen LogP contribution in [-0.4, -0.2) is 6.04 Å². The summed E-state index contributed by atoms with van der Waals surface area (Å²) in [5.41, 5.74) is 8.54. The minimum Gasteiger partial charge on any atom is -0.271 e. The predicted molar refractivity (Wildman–Crippen MR) is 90.1 cm³/mol. The number of hydrazine groups is 1. The highest BCUT2D eigenvalue weighted by Crippen LogP contribution is 2.17. The molecule has 0 radical (unpaired) electrons. The van der Waals surface area contributed by atoms with Crippen molar-refractivity contribution < 1.29 is 0 Å². The molecular formula is C19H26N2. The van der Waals surface area contributed by atoms with Gasteiger partial charge in [-0.2, -0.15) is 0 Å². The minimum atomic E-state index is 0.341. The van der Waals surface area contributed by atoms with E-state index in [9.17, 15) is 0 Å². The van der Waals surface area contributed by atoms with Crippen LogP contribution in [0.15, 0.2) is 48.5 Å². The molecule has 0 fully saturated rings. The van der Waals surface area contributed by atoms with E-state index in [4.69, 9.17) is 5.84 Å². The molecule has 0 heterocycles. The summed E-state index contributed by atoms with van der Waals surface area (Å²) in [5, 5.41) is 0.